The molecule has 1 fully saturated rings. The van der Waals surface area contributed by atoms with Gasteiger partial charge in [0.05, 0.1) is 6.42 Å². The first-order chi connectivity index (χ1) is 7.75. The second kappa shape index (κ2) is 3.30. The lowest BCUT2D eigenvalue weighted by atomic mass is 10.2. The van der Waals surface area contributed by atoms with Crippen molar-refractivity contribution in [1.82, 2.24) is 14.6 Å². The van der Waals surface area contributed by atoms with E-state index in [0.29, 0.717) is 5.92 Å². The summed E-state index contributed by atoms with van der Waals surface area (Å²) >= 11 is 0. The van der Waals surface area contributed by atoms with Crippen LogP contribution < -0.4 is 0 Å². The zero-order chi connectivity index (χ0) is 11.1. The van der Waals surface area contributed by atoms with Gasteiger partial charge in [-0.1, -0.05) is 6.07 Å². The Labute approximate surface area is 91.7 Å². The molecule has 2 heterocycles. The van der Waals surface area contributed by atoms with Crippen molar-refractivity contribution < 1.29 is 9.90 Å². The lowest BCUT2D eigenvalue weighted by Crippen LogP contribution is -2.07. The molecular formula is C11H11N3O2. The van der Waals surface area contributed by atoms with Crippen molar-refractivity contribution in [2.45, 2.75) is 25.2 Å². The van der Waals surface area contributed by atoms with Crippen LogP contribution >= 0.6 is 0 Å². The number of rotatable bonds is 3. The quantitative estimate of drug-likeness (QED) is 0.839. The molecule has 0 aliphatic heterocycles. The summed E-state index contributed by atoms with van der Waals surface area (Å²) in [6, 6.07) is 5.49. The zero-order valence-corrected chi connectivity index (χ0v) is 8.63. The Bertz CT molecular complexity index is 557. The van der Waals surface area contributed by atoms with E-state index in [-0.39, 0.29) is 6.42 Å². The average molecular weight is 217 g/mol. The predicted molar refractivity (Wildman–Crippen MR) is 56.3 cm³/mol. The van der Waals surface area contributed by atoms with Crippen LogP contribution in [0, 0.1) is 0 Å². The minimum Gasteiger partial charge on any atom is -0.481 e. The monoisotopic (exact) mass is 217 g/mol. The summed E-state index contributed by atoms with van der Waals surface area (Å²) in [5.74, 6) is 0.541. The molecule has 3 rings (SSSR count). The lowest BCUT2D eigenvalue weighted by Gasteiger charge is -2.04. The molecule has 0 bridgehead atoms. The largest absolute Gasteiger partial charge is 0.481 e. The summed E-state index contributed by atoms with van der Waals surface area (Å²) in [6.45, 7) is 0. The van der Waals surface area contributed by atoms with Gasteiger partial charge in [0.1, 0.15) is 5.82 Å². The maximum absolute atomic E-state index is 10.8. The minimum atomic E-state index is -0.831. The number of aliphatic carboxylic acids is 1. The Hall–Kier alpha value is -1.91. The smallest absolute Gasteiger partial charge is 0.309 e. The molecule has 0 radical (unpaired) electrons. The highest BCUT2D eigenvalue weighted by atomic mass is 16.4. The van der Waals surface area contributed by atoms with Crippen molar-refractivity contribution in [2.24, 2.45) is 0 Å². The highest BCUT2D eigenvalue weighted by Gasteiger charge is 2.29. The second-order valence-electron chi connectivity index (χ2n) is 4.11. The maximum Gasteiger partial charge on any atom is 0.309 e. The van der Waals surface area contributed by atoms with E-state index in [4.69, 9.17) is 5.11 Å². The topological polar surface area (TPSA) is 67.5 Å². The van der Waals surface area contributed by atoms with Crippen molar-refractivity contribution in [1.29, 1.82) is 0 Å². The molecule has 1 saturated carbocycles. The van der Waals surface area contributed by atoms with E-state index in [2.05, 4.69) is 10.2 Å². The number of carboxylic acid groups (broad SMARTS) is 1. The van der Waals surface area contributed by atoms with E-state index < -0.39 is 5.97 Å². The summed E-state index contributed by atoms with van der Waals surface area (Å²) in [5.41, 5.74) is 1.48. The first kappa shape index (κ1) is 9.33. The van der Waals surface area contributed by atoms with E-state index in [0.717, 1.165) is 30.0 Å². The molecule has 5 nitrogen and oxygen atoms in total. The van der Waals surface area contributed by atoms with Crippen LogP contribution in [0.5, 0.6) is 0 Å². The van der Waals surface area contributed by atoms with Crippen LogP contribution in [0.25, 0.3) is 5.65 Å². The Balaban J connectivity index is 2.17. The van der Waals surface area contributed by atoms with Gasteiger partial charge in [-0.15, -0.1) is 10.2 Å². The standard InChI is InChI=1S/C11H11N3O2/c15-10(16)6-8-2-1-3-9-12-13-11(14(8)9)7-4-5-7/h1-3,7H,4-6H2,(H,15,16). The van der Waals surface area contributed by atoms with Crippen LogP contribution in [-0.2, 0) is 11.2 Å². The minimum absolute atomic E-state index is 0.00903. The van der Waals surface area contributed by atoms with Gasteiger partial charge in [-0.25, -0.2) is 0 Å². The van der Waals surface area contributed by atoms with Crippen molar-refractivity contribution in [3.05, 3.63) is 29.7 Å². The fraction of sp³-hybridized carbons (Fsp3) is 0.364. The molecule has 2 aromatic rings. The molecule has 0 unspecified atom stereocenters. The molecule has 1 aliphatic rings. The number of carbonyl (C=O) groups is 1. The molecule has 0 spiro atoms. The summed E-state index contributed by atoms with van der Waals surface area (Å²) in [7, 11) is 0. The highest BCUT2D eigenvalue weighted by Crippen LogP contribution is 2.39. The lowest BCUT2D eigenvalue weighted by molar-refractivity contribution is -0.136. The molecule has 0 aromatic carbocycles. The molecule has 5 heteroatoms. The van der Waals surface area contributed by atoms with Gasteiger partial charge in [0, 0.05) is 11.6 Å². The van der Waals surface area contributed by atoms with E-state index >= 15 is 0 Å². The molecule has 1 N–H and O–H groups in total. The fourth-order valence-corrected chi connectivity index (χ4v) is 1.93. The van der Waals surface area contributed by atoms with Crippen LogP contribution in [0.3, 0.4) is 0 Å². The van der Waals surface area contributed by atoms with Gasteiger partial charge in [-0.3, -0.25) is 9.20 Å². The molecule has 0 amide bonds. The van der Waals surface area contributed by atoms with Crippen LogP contribution in [0.2, 0.25) is 0 Å². The first-order valence-electron chi connectivity index (χ1n) is 5.30. The van der Waals surface area contributed by atoms with Gasteiger partial charge in [0.25, 0.3) is 0 Å². The Morgan fingerprint density at radius 2 is 2.25 bits per heavy atom. The van der Waals surface area contributed by atoms with Gasteiger partial charge in [-0.05, 0) is 25.0 Å². The molecule has 2 aromatic heterocycles. The Morgan fingerprint density at radius 3 is 2.94 bits per heavy atom. The van der Waals surface area contributed by atoms with Crippen molar-refractivity contribution in [3.63, 3.8) is 0 Å². The number of nitrogens with zero attached hydrogens (tertiary/aromatic N) is 3. The van der Waals surface area contributed by atoms with Crippen molar-refractivity contribution in [3.8, 4) is 0 Å². The van der Waals surface area contributed by atoms with Crippen LogP contribution in [0.15, 0.2) is 18.2 Å². The number of fused-ring (bicyclic) bond motifs is 1. The third-order valence-electron chi connectivity index (χ3n) is 2.81. The third kappa shape index (κ3) is 1.44. The van der Waals surface area contributed by atoms with Gasteiger partial charge >= 0.3 is 5.97 Å². The van der Waals surface area contributed by atoms with E-state index in [1.807, 2.05) is 22.6 Å². The van der Waals surface area contributed by atoms with Crippen LogP contribution in [0.4, 0.5) is 0 Å². The van der Waals surface area contributed by atoms with Crippen LogP contribution in [0.1, 0.15) is 30.3 Å². The number of aromatic nitrogens is 3. The summed E-state index contributed by atoms with van der Waals surface area (Å²) in [5, 5.41) is 17.1. The molecule has 0 saturated heterocycles. The van der Waals surface area contributed by atoms with E-state index in [9.17, 15) is 4.79 Å². The predicted octanol–water partition coefficient (Wildman–Crippen LogP) is 1.23. The second-order valence-corrected chi connectivity index (χ2v) is 4.11. The van der Waals surface area contributed by atoms with Gasteiger partial charge in [-0.2, -0.15) is 0 Å². The van der Waals surface area contributed by atoms with E-state index in [1.165, 1.54) is 0 Å². The van der Waals surface area contributed by atoms with Gasteiger partial charge in [0.15, 0.2) is 5.65 Å². The number of hydrogen-bond donors (Lipinski definition) is 1. The molecule has 16 heavy (non-hydrogen) atoms. The zero-order valence-electron chi connectivity index (χ0n) is 8.63. The maximum atomic E-state index is 10.8. The number of pyridine rings is 1. The van der Waals surface area contributed by atoms with Gasteiger partial charge in [0.2, 0.25) is 0 Å². The SMILES string of the molecule is O=C(O)Cc1cccc2nnc(C3CC3)n12. The number of hydrogen-bond acceptors (Lipinski definition) is 3. The van der Waals surface area contributed by atoms with Crippen molar-refractivity contribution in [2.75, 3.05) is 0 Å². The van der Waals surface area contributed by atoms with E-state index in [1.54, 1.807) is 0 Å². The fourth-order valence-electron chi connectivity index (χ4n) is 1.93. The highest BCUT2D eigenvalue weighted by molar-refractivity contribution is 5.70. The average Bonchev–Trinajstić information content (AvgIpc) is 2.98. The summed E-state index contributed by atoms with van der Waals surface area (Å²) in [6.07, 6.45) is 2.26. The van der Waals surface area contributed by atoms with Crippen molar-refractivity contribution >= 4 is 11.6 Å². The summed E-state index contributed by atoms with van der Waals surface area (Å²) in [4.78, 5) is 10.8. The molecular weight excluding hydrogens is 206 g/mol. The van der Waals surface area contributed by atoms with Gasteiger partial charge < -0.3 is 5.11 Å². The Kier molecular flexibility index (Phi) is 1.92. The first-order valence-corrected chi connectivity index (χ1v) is 5.30. The molecule has 82 valence electrons. The number of carboxylic acids is 1. The molecule has 0 atom stereocenters. The normalized spacial score (nSPS) is 15.5. The Morgan fingerprint density at radius 1 is 1.44 bits per heavy atom. The van der Waals surface area contributed by atoms with Crippen LogP contribution in [-0.4, -0.2) is 25.7 Å². The third-order valence-corrected chi connectivity index (χ3v) is 2.81. The summed E-state index contributed by atoms with van der Waals surface area (Å²) < 4.78 is 1.88. The molecule has 1 aliphatic carbocycles.